The van der Waals surface area contributed by atoms with Crippen LogP contribution in [-0.2, 0) is 16.0 Å². The molecule has 0 aromatic carbocycles. The molecule has 0 bridgehead atoms. The van der Waals surface area contributed by atoms with E-state index < -0.39 is 0 Å². The highest BCUT2D eigenvalue weighted by atomic mass is 16.5. The van der Waals surface area contributed by atoms with Gasteiger partial charge in [0.1, 0.15) is 0 Å². The first-order valence-corrected chi connectivity index (χ1v) is 8.77. The van der Waals surface area contributed by atoms with Crippen molar-refractivity contribution in [3.05, 3.63) is 24.2 Å². The average molecular weight is 305 g/mol. The highest BCUT2D eigenvalue weighted by Gasteiger charge is 2.46. The fourth-order valence-electron chi connectivity index (χ4n) is 4.08. The number of hydrogen-bond acceptors (Lipinski definition) is 4. The highest BCUT2D eigenvalue weighted by molar-refractivity contribution is 5.06. The van der Waals surface area contributed by atoms with Gasteiger partial charge in [-0.25, -0.2) is 0 Å². The summed E-state index contributed by atoms with van der Waals surface area (Å²) in [6.07, 6.45) is 10.3. The molecule has 1 saturated carbocycles. The van der Waals surface area contributed by atoms with Gasteiger partial charge in [0.15, 0.2) is 0 Å². The molecule has 1 aliphatic carbocycles. The third kappa shape index (κ3) is 3.24. The largest absolute Gasteiger partial charge is 0.472 e. The molecule has 4 nitrogen and oxygen atoms in total. The number of rotatable bonds is 6. The zero-order valence-electron chi connectivity index (χ0n) is 13.3. The normalized spacial score (nSPS) is 32.8. The Hall–Kier alpha value is -0.840. The maximum absolute atomic E-state index is 6.12. The predicted molar refractivity (Wildman–Crippen MR) is 83.6 cm³/mol. The lowest BCUT2D eigenvalue weighted by atomic mass is 9.73. The molecule has 122 valence electrons. The molecular formula is C18H27NO3. The van der Waals surface area contributed by atoms with Gasteiger partial charge in [-0.05, 0) is 44.1 Å². The summed E-state index contributed by atoms with van der Waals surface area (Å²) in [5.41, 5.74) is 1.47. The van der Waals surface area contributed by atoms with Crippen molar-refractivity contribution in [3.8, 4) is 0 Å². The number of fused-ring (bicyclic) bond motifs is 1. The third-order valence-corrected chi connectivity index (χ3v) is 5.49. The summed E-state index contributed by atoms with van der Waals surface area (Å²) in [6.45, 7) is 5.93. The second-order valence-electron chi connectivity index (χ2n) is 7.41. The van der Waals surface area contributed by atoms with E-state index in [0.717, 1.165) is 51.8 Å². The number of piperidine rings is 1. The summed E-state index contributed by atoms with van der Waals surface area (Å²) in [5, 5.41) is 0. The molecule has 4 rings (SSSR count). The van der Waals surface area contributed by atoms with Crippen LogP contribution in [-0.4, -0.2) is 43.9 Å². The van der Waals surface area contributed by atoms with E-state index in [1.807, 2.05) is 6.26 Å². The highest BCUT2D eigenvalue weighted by Crippen LogP contribution is 2.41. The maximum Gasteiger partial charge on any atom is 0.0947 e. The van der Waals surface area contributed by atoms with Crippen molar-refractivity contribution in [2.75, 3.05) is 32.9 Å². The quantitative estimate of drug-likeness (QED) is 0.809. The van der Waals surface area contributed by atoms with Crippen LogP contribution in [0.4, 0.5) is 0 Å². The summed E-state index contributed by atoms with van der Waals surface area (Å²) >= 11 is 0. The summed E-state index contributed by atoms with van der Waals surface area (Å²) in [4.78, 5) is 2.55. The smallest absolute Gasteiger partial charge is 0.0947 e. The van der Waals surface area contributed by atoms with Gasteiger partial charge in [-0.1, -0.05) is 0 Å². The minimum atomic E-state index is 0.203. The van der Waals surface area contributed by atoms with E-state index in [-0.39, 0.29) is 5.41 Å². The second kappa shape index (κ2) is 6.34. The Bertz CT molecular complexity index is 471. The van der Waals surface area contributed by atoms with Crippen molar-refractivity contribution in [1.29, 1.82) is 0 Å². The molecule has 3 fully saturated rings. The van der Waals surface area contributed by atoms with E-state index >= 15 is 0 Å². The van der Waals surface area contributed by atoms with Gasteiger partial charge in [-0.2, -0.15) is 0 Å². The van der Waals surface area contributed by atoms with E-state index in [0.29, 0.717) is 6.10 Å². The van der Waals surface area contributed by atoms with Gasteiger partial charge in [0.05, 0.1) is 25.2 Å². The Morgan fingerprint density at radius 1 is 1.32 bits per heavy atom. The van der Waals surface area contributed by atoms with Crippen LogP contribution in [0.2, 0.25) is 0 Å². The lowest BCUT2D eigenvalue weighted by Crippen LogP contribution is -2.56. The van der Waals surface area contributed by atoms with Crippen molar-refractivity contribution in [1.82, 2.24) is 4.90 Å². The summed E-state index contributed by atoms with van der Waals surface area (Å²) in [5.74, 6) is 0.838. The van der Waals surface area contributed by atoms with Crippen molar-refractivity contribution < 1.29 is 13.9 Å². The van der Waals surface area contributed by atoms with E-state index in [1.165, 1.54) is 31.2 Å². The fourth-order valence-corrected chi connectivity index (χ4v) is 4.08. The van der Waals surface area contributed by atoms with Crippen LogP contribution < -0.4 is 0 Å². The molecule has 2 atom stereocenters. The summed E-state index contributed by atoms with van der Waals surface area (Å²) in [6, 6.07) is 2.07. The minimum Gasteiger partial charge on any atom is -0.472 e. The lowest BCUT2D eigenvalue weighted by Gasteiger charge is -2.50. The topological polar surface area (TPSA) is 34.8 Å². The first-order chi connectivity index (χ1) is 10.8. The molecule has 2 saturated heterocycles. The van der Waals surface area contributed by atoms with Gasteiger partial charge >= 0.3 is 0 Å². The molecule has 3 aliphatic rings. The van der Waals surface area contributed by atoms with Crippen LogP contribution >= 0.6 is 0 Å². The Labute approximate surface area is 132 Å². The minimum absolute atomic E-state index is 0.203. The molecule has 1 aromatic heterocycles. The van der Waals surface area contributed by atoms with Crippen molar-refractivity contribution in [2.45, 2.75) is 44.8 Å². The molecule has 22 heavy (non-hydrogen) atoms. The Morgan fingerprint density at radius 3 is 3.09 bits per heavy atom. The van der Waals surface area contributed by atoms with Crippen LogP contribution in [0, 0.1) is 11.3 Å². The average Bonchev–Trinajstić information content (AvgIpc) is 3.22. The van der Waals surface area contributed by atoms with Gasteiger partial charge in [0, 0.05) is 43.8 Å². The van der Waals surface area contributed by atoms with Crippen LogP contribution in [0.1, 0.15) is 37.7 Å². The van der Waals surface area contributed by atoms with Crippen LogP contribution in [0.3, 0.4) is 0 Å². The van der Waals surface area contributed by atoms with Crippen molar-refractivity contribution >= 4 is 0 Å². The second-order valence-corrected chi connectivity index (χ2v) is 7.41. The first kappa shape index (κ1) is 14.7. The van der Waals surface area contributed by atoms with Crippen LogP contribution in [0.15, 0.2) is 23.0 Å². The van der Waals surface area contributed by atoms with Crippen LogP contribution in [0.5, 0.6) is 0 Å². The maximum atomic E-state index is 6.12. The van der Waals surface area contributed by atoms with E-state index in [2.05, 4.69) is 11.0 Å². The van der Waals surface area contributed by atoms with Crippen molar-refractivity contribution in [2.24, 2.45) is 11.3 Å². The zero-order chi connectivity index (χ0) is 14.8. The number of furan rings is 1. The molecule has 4 heteroatoms. The molecule has 2 aliphatic heterocycles. The zero-order valence-corrected chi connectivity index (χ0v) is 13.3. The number of ether oxygens (including phenoxy) is 2. The van der Waals surface area contributed by atoms with E-state index in [9.17, 15) is 0 Å². The molecule has 0 spiro atoms. The molecule has 1 aromatic rings. The number of hydrogen-bond donors (Lipinski definition) is 0. The summed E-state index contributed by atoms with van der Waals surface area (Å²) in [7, 11) is 0. The number of nitrogens with zero attached hydrogens (tertiary/aromatic N) is 1. The van der Waals surface area contributed by atoms with Gasteiger partial charge in [0.2, 0.25) is 0 Å². The Kier molecular flexibility index (Phi) is 4.25. The lowest BCUT2D eigenvalue weighted by molar-refractivity contribution is -0.154. The standard InChI is InChI=1S/C18H27NO3/c1-6-18(14-21-11-15-2-3-15)13-19(7-4-17(18)22-8-1)10-16-5-9-20-12-16/h5,9,12,15,17H,1-4,6-8,10-11,13-14H2/t17-,18+/m0/s1. The van der Waals surface area contributed by atoms with Crippen LogP contribution in [0.25, 0.3) is 0 Å². The van der Waals surface area contributed by atoms with E-state index in [4.69, 9.17) is 13.9 Å². The fraction of sp³-hybridized carbons (Fsp3) is 0.778. The van der Waals surface area contributed by atoms with Crippen molar-refractivity contribution in [3.63, 3.8) is 0 Å². The molecule has 0 unspecified atom stereocenters. The van der Waals surface area contributed by atoms with Gasteiger partial charge in [-0.3, -0.25) is 4.90 Å². The monoisotopic (exact) mass is 305 g/mol. The SMILES string of the molecule is c1cc(CN2CC[C@@H]3OCCC[C@]3(COCC3CC3)C2)co1. The van der Waals surface area contributed by atoms with Gasteiger partial charge < -0.3 is 13.9 Å². The molecule has 0 radical (unpaired) electrons. The Balaban J connectivity index is 1.40. The third-order valence-electron chi connectivity index (χ3n) is 5.49. The Morgan fingerprint density at radius 2 is 2.27 bits per heavy atom. The molecule has 0 N–H and O–H groups in total. The first-order valence-electron chi connectivity index (χ1n) is 8.77. The summed E-state index contributed by atoms with van der Waals surface area (Å²) < 4.78 is 17.4. The molecular weight excluding hydrogens is 278 g/mol. The predicted octanol–water partition coefficient (Wildman–Crippen LogP) is 3.08. The van der Waals surface area contributed by atoms with Gasteiger partial charge in [-0.15, -0.1) is 0 Å². The van der Waals surface area contributed by atoms with Gasteiger partial charge in [0.25, 0.3) is 0 Å². The number of likely N-dealkylation sites (tertiary alicyclic amines) is 1. The molecule has 3 heterocycles. The molecule has 0 amide bonds. The van der Waals surface area contributed by atoms with E-state index in [1.54, 1.807) is 6.26 Å².